The summed E-state index contributed by atoms with van der Waals surface area (Å²) in [4.78, 5) is 9.15. The van der Waals surface area contributed by atoms with Crippen LogP contribution in [-0.4, -0.2) is 24.1 Å². The SMILES string of the molecule is CNc1nc(N(C)Cc2csc(Br)c2)cc(C(F)(F)F)n1. The van der Waals surface area contributed by atoms with Crippen molar-refractivity contribution in [3.63, 3.8) is 0 Å². The van der Waals surface area contributed by atoms with Gasteiger partial charge in [-0.15, -0.1) is 11.3 Å². The van der Waals surface area contributed by atoms with Crippen LogP contribution in [0.2, 0.25) is 0 Å². The third kappa shape index (κ3) is 4.07. The Labute approximate surface area is 132 Å². The highest BCUT2D eigenvalue weighted by atomic mass is 79.9. The Kier molecular flexibility index (Phi) is 4.72. The van der Waals surface area contributed by atoms with E-state index in [1.165, 1.54) is 18.4 Å². The molecular formula is C12H12BrF3N4S. The maximum absolute atomic E-state index is 12.8. The molecule has 0 aliphatic heterocycles. The summed E-state index contributed by atoms with van der Waals surface area (Å²) in [5.74, 6) is 0.155. The fraction of sp³-hybridized carbons (Fsp3) is 0.333. The minimum absolute atomic E-state index is 0.0572. The number of halogens is 4. The Balaban J connectivity index is 2.29. The number of nitrogens with zero attached hydrogens (tertiary/aromatic N) is 3. The highest BCUT2D eigenvalue weighted by molar-refractivity contribution is 9.11. The van der Waals surface area contributed by atoms with Crippen LogP contribution in [-0.2, 0) is 12.7 Å². The Bertz CT molecular complexity index is 629. The second-order valence-electron chi connectivity index (χ2n) is 4.30. The molecule has 2 heterocycles. The van der Waals surface area contributed by atoms with Crippen molar-refractivity contribution in [1.29, 1.82) is 0 Å². The molecule has 2 aromatic heterocycles. The van der Waals surface area contributed by atoms with Crippen LogP contribution in [0.5, 0.6) is 0 Å². The molecule has 0 aliphatic rings. The van der Waals surface area contributed by atoms with Crippen LogP contribution in [0.25, 0.3) is 0 Å². The lowest BCUT2D eigenvalue weighted by molar-refractivity contribution is -0.141. The molecule has 114 valence electrons. The molecule has 9 heteroatoms. The molecule has 0 aromatic carbocycles. The summed E-state index contributed by atoms with van der Waals surface area (Å²) in [7, 11) is 3.17. The van der Waals surface area contributed by atoms with Crippen LogP contribution in [0.3, 0.4) is 0 Å². The standard InChI is InChI=1S/C12H12BrF3N4S/c1-17-11-18-8(12(14,15)16)4-10(19-11)20(2)5-7-3-9(13)21-6-7/h3-4,6H,5H2,1-2H3,(H,17,18,19). The first kappa shape index (κ1) is 16.0. The first-order valence-corrected chi connectivity index (χ1v) is 7.55. The third-order valence-corrected chi connectivity index (χ3v) is 4.21. The molecule has 21 heavy (non-hydrogen) atoms. The van der Waals surface area contributed by atoms with Gasteiger partial charge in [0.2, 0.25) is 5.95 Å². The molecule has 0 aliphatic carbocycles. The second kappa shape index (κ2) is 6.18. The van der Waals surface area contributed by atoms with Gasteiger partial charge in [-0.2, -0.15) is 18.2 Å². The van der Waals surface area contributed by atoms with Gasteiger partial charge in [-0.25, -0.2) is 4.98 Å². The molecule has 2 aromatic rings. The lowest BCUT2D eigenvalue weighted by Gasteiger charge is -2.19. The number of anilines is 2. The normalized spacial score (nSPS) is 11.5. The zero-order valence-corrected chi connectivity index (χ0v) is 13.6. The van der Waals surface area contributed by atoms with E-state index in [2.05, 4.69) is 31.2 Å². The van der Waals surface area contributed by atoms with Gasteiger partial charge in [-0.1, -0.05) is 0 Å². The zero-order chi connectivity index (χ0) is 15.6. The summed E-state index contributed by atoms with van der Waals surface area (Å²) in [6.45, 7) is 0.458. The first-order chi connectivity index (χ1) is 9.79. The van der Waals surface area contributed by atoms with Crippen LogP contribution < -0.4 is 10.2 Å². The third-order valence-electron chi connectivity index (χ3n) is 2.66. The first-order valence-electron chi connectivity index (χ1n) is 5.87. The van der Waals surface area contributed by atoms with E-state index in [9.17, 15) is 13.2 Å². The molecule has 0 spiro atoms. The lowest BCUT2D eigenvalue weighted by atomic mass is 10.3. The molecule has 0 atom stereocenters. The highest BCUT2D eigenvalue weighted by Gasteiger charge is 2.34. The Morgan fingerprint density at radius 2 is 2.05 bits per heavy atom. The highest BCUT2D eigenvalue weighted by Crippen LogP contribution is 2.31. The van der Waals surface area contributed by atoms with Crippen LogP contribution in [0, 0.1) is 0 Å². The Morgan fingerprint density at radius 1 is 1.33 bits per heavy atom. The quantitative estimate of drug-likeness (QED) is 0.870. The average molecular weight is 381 g/mol. The van der Waals surface area contributed by atoms with Crippen molar-refractivity contribution < 1.29 is 13.2 Å². The smallest absolute Gasteiger partial charge is 0.357 e. The summed E-state index contributed by atoms with van der Waals surface area (Å²) < 4.78 is 39.5. The van der Waals surface area contributed by atoms with Crippen molar-refractivity contribution in [2.24, 2.45) is 0 Å². The van der Waals surface area contributed by atoms with Gasteiger partial charge in [0.05, 0.1) is 3.79 Å². The van der Waals surface area contributed by atoms with E-state index < -0.39 is 11.9 Å². The van der Waals surface area contributed by atoms with Gasteiger partial charge in [-0.3, -0.25) is 0 Å². The van der Waals surface area contributed by atoms with E-state index in [0.717, 1.165) is 15.4 Å². The van der Waals surface area contributed by atoms with Crippen LogP contribution in [0.4, 0.5) is 24.9 Å². The molecule has 2 rings (SSSR count). The average Bonchev–Trinajstić information content (AvgIpc) is 2.82. The number of nitrogens with one attached hydrogen (secondary N) is 1. The fourth-order valence-electron chi connectivity index (χ4n) is 1.67. The number of hydrogen-bond donors (Lipinski definition) is 1. The molecule has 0 saturated heterocycles. The van der Waals surface area contributed by atoms with Crippen LogP contribution >= 0.6 is 27.3 Å². The van der Waals surface area contributed by atoms with E-state index in [4.69, 9.17) is 0 Å². The Hall–Kier alpha value is -1.35. The van der Waals surface area contributed by atoms with Crippen molar-refractivity contribution in [3.05, 3.63) is 32.6 Å². The van der Waals surface area contributed by atoms with Crippen molar-refractivity contribution in [2.45, 2.75) is 12.7 Å². The summed E-state index contributed by atoms with van der Waals surface area (Å²) in [5.41, 5.74) is 0.0303. The number of alkyl halides is 3. The molecule has 0 unspecified atom stereocenters. The minimum Gasteiger partial charge on any atom is -0.357 e. The molecule has 0 radical (unpaired) electrons. The van der Waals surface area contributed by atoms with Crippen LogP contribution in [0.15, 0.2) is 21.3 Å². The van der Waals surface area contributed by atoms with E-state index in [1.54, 1.807) is 11.9 Å². The van der Waals surface area contributed by atoms with Crippen molar-refractivity contribution in [2.75, 3.05) is 24.3 Å². The van der Waals surface area contributed by atoms with Crippen LogP contribution in [0.1, 0.15) is 11.3 Å². The molecular weight excluding hydrogens is 369 g/mol. The fourth-order valence-corrected chi connectivity index (χ4v) is 2.87. The largest absolute Gasteiger partial charge is 0.433 e. The lowest BCUT2D eigenvalue weighted by Crippen LogP contribution is -2.20. The monoisotopic (exact) mass is 380 g/mol. The van der Waals surface area contributed by atoms with Gasteiger partial charge < -0.3 is 10.2 Å². The van der Waals surface area contributed by atoms with E-state index in [0.29, 0.717) is 6.54 Å². The van der Waals surface area contributed by atoms with E-state index in [1.807, 2.05) is 11.4 Å². The molecule has 0 bridgehead atoms. The topological polar surface area (TPSA) is 41.1 Å². The summed E-state index contributed by atoms with van der Waals surface area (Å²) in [6, 6.07) is 2.87. The van der Waals surface area contributed by atoms with Crippen molar-refractivity contribution >= 4 is 39.0 Å². The summed E-state index contributed by atoms with van der Waals surface area (Å²) in [6.07, 6.45) is -4.50. The molecule has 0 amide bonds. The van der Waals surface area contributed by atoms with Gasteiger partial charge >= 0.3 is 6.18 Å². The van der Waals surface area contributed by atoms with Crippen molar-refractivity contribution in [3.8, 4) is 0 Å². The Morgan fingerprint density at radius 3 is 2.57 bits per heavy atom. The number of aromatic nitrogens is 2. The molecule has 1 N–H and O–H groups in total. The molecule has 0 saturated carbocycles. The maximum atomic E-state index is 12.8. The molecule has 4 nitrogen and oxygen atoms in total. The van der Waals surface area contributed by atoms with Gasteiger partial charge in [0.15, 0.2) is 5.69 Å². The molecule has 0 fully saturated rings. The van der Waals surface area contributed by atoms with Gasteiger partial charge in [0.25, 0.3) is 0 Å². The zero-order valence-electron chi connectivity index (χ0n) is 11.2. The second-order valence-corrected chi connectivity index (χ2v) is 6.59. The van der Waals surface area contributed by atoms with Gasteiger partial charge in [0.1, 0.15) is 5.82 Å². The minimum atomic E-state index is -4.50. The maximum Gasteiger partial charge on any atom is 0.433 e. The predicted octanol–water partition coefficient (Wildman–Crippen LogP) is 4.00. The predicted molar refractivity (Wildman–Crippen MR) is 80.7 cm³/mol. The van der Waals surface area contributed by atoms with Crippen molar-refractivity contribution in [1.82, 2.24) is 9.97 Å². The summed E-state index contributed by atoms with van der Waals surface area (Å²) in [5, 5.41) is 4.48. The number of hydrogen-bond acceptors (Lipinski definition) is 5. The van der Waals surface area contributed by atoms with E-state index in [-0.39, 0.29) is 11.8 Å². The van der Waals surface area contributed by atoms with Gasteiger partial charge in [-0.05, 0) is 32.9 Å². The number of thiophene rings is 1. The number of rotatable bonds is 4. The summed E-state index contributed by atoms with van der Waals surface area (Å²) >= 11 is 4.88. The van der Waals surface area contributed by atoms with E-state index >= 15 is 0 Å². The van der Waals surface area contributed by atoms with Gasteiger partial charge in [0, 0.05) is 26.7 Å².